The summed E-state index contributed by atoms with van der Waals surface area (Å²) in [4.78, 5) is 11.5. The molecule has 2 N–H and O–H groups in total. The largest absolute Gasteiger partial charge is 0.394 e. The van der Waals surface area contributed by atoms with Crippen molar-refractivity contribution in [3.8, 4) is 0 Å². The monoisotopic (exact) mass is 251 g/mol. The van der Waals surface area contributed by atoms with Crippen LogP contribution in [0, 0.1) is 5.82 Å². The zero-order valence-corrected chi connectivity index (χ0v) is 10.6. The van der Waals surface area contributed by atoms with Crippen LogP contribution in [0.3, 0.4) is 0 Å². The van der Waals surface area contributed by atoms with Crippen molar-refractivity contribution in [1.82, 2.24) is 5.32 Å². The van der Waals surface area contributed by atoms with E-state index in [-0.39, 0.29) is 24.8 Å². The Morgan fingerprint density at radius 3 is 2.56 bits per heavy atom. The minimum Gasteiger partial charge on any atom is -0.394 e. The summed E-state index contributed by atoms with van der Waals surface area (Å²) in [5.41, 5.74) is 0.228. The van der Waals surface area contributed by atoms with Crippen molar-refractivity contribution in [1.29, 1.82) is 0 Å². The van der Waals surface area contributed by atoms with Crippen molar-refractivity contribution in [3.63, 3.8) is 0 Å². The zero-order valence-electron chi connectivity index (χ0n) is 10.6. The van der Waals surface area contributed by atoms with Crippen LogP contribution in [0.4, 0.5) is 4.39 Å². The number of aliphatic hydroxyl groups excluding tert-OH is 1. The minimum atomic E-state index is -0.610. The van der Waals surface area contributed by atoms with Crippen molar-refractivity contribution in [2.24, 2.45) is 0 Å². The van der Waals surface area contributed by atoms with Gasteiger partial charge < -0.3 is 10.4 Å². The number of carbonyl (C=O) groups is 1. The Hall–Kier alpha value is -1.68. The highest BCUT2D eigenvalue weighted by atomic mass is 19.1. The average Bonchev–Trinajstić information content (AvgIpc) is 2.31. The lowest BCUT2D eigenvalue weighted by Gasteiger charge is -2.22. The highest BCUT2D eigenvalue weighted by Gasteiger charge is 2.17. The molecule has 1 rings (SSSR count). The first kappa shape index (κ1) is 14.4. The number of hydrogen-bond acceptors (Lipinski definition) is 2. The van der Waals surface area contributed by atoms with Crippen LogP contribution < -0.4 is 5.32 Å². The standard InChI is InChI=1S/C14H18FNO2/c1-14(2,10-17)16-13(18)5-3-4-11-6-8-12(15)9-7-11/h3-4,6-9,17H,5,10H2,1-2H3,(H,16,18)/b4-3+. The van der Waals surface area contributed by atoms with E-state index in [4.69, 9.17) is 5.11 Å². The number of halogens is 1. The lowest BCUT2D eigenvalue weighted by atomic mass is 10.1. The van der Waals surface area contributed by atoms with E-state index in [2.05, 4.69) is 5.32 Å². The van der Waals surface area contributed by atoms with E-state index in [1.165, 1.54) is 12.1 Å². The van der Waals surface area contributed by atoms with Gasteiger partial charge in [-0.05, 0) is 31.5 Å². The van der Waals surface area contributed by atoms with E-state index in [1.54, 1.807) is 38.1 Å². The summed E-state index contributed by atoms with van der Waals surface area (Å²) in [6.07, 6.45) is 3.68. The molecule has 1 aromatic rings. The van der Waals surface area contributed by atoms with Gasteiger partial charge in [-0.15, -0.1) is 0 Å². The molecule has 0 spiro atoms. The number of aliphatic hydroxyl groups is 1. The third-order valence-electron chi connectivity index (χ3n) is 2.36. The Balaban J connectivity index is 2.45. The summed E-state index contributed by atoms with van der Waals surface area (Å²) >= 11 is 0. The van der Waals surface area contributed by atoms with Crippen LogP contribution in [-0.2, 0) is 4.79 Å². The summed E-state index contributed by atoms with van der Waals surface area (Å²) in [6.45, 7) is 3.38. The number of rotatable bonds is 5. The smallest absolute Gasteiger partial charge is 0.224 e. The van der Waals surface area contributed by atoms with Crippen LogP contribution in [0.15, 0.2) is 30.3 Å². The Morgan fingerprint density at radius 1 is 1.39 bits per heavy atom. The van der Waals surface area contributed by atoms with Gasteiger partial charge in [-0.3, -0.25) is 4.79 Å². The molecule has 0 aliphatic rings. The van der Waals surface area contributed by atoms with Crippen LogP contribution in [-0.4, -0.2) is 23.2 Å². The van der Waals surface area contributed by atoms with E-state index < -0.39 is 5.54 Å². The van der Waals surface area contributed by atoms with E-state index in [0.29, 0.717) is 0 Å². The molecule has 0 unspecified atom stereocenters. The predicted molar refractivity (Wildman–Crippen MR) is 69.4 cm³/mol. The summed E-state index contributed by atoms with van der Waals surface area (Å²) < 4.78 is 12.6. The number of hydrogen-bond donors (Lipinski definition) is 2. The Labute approximate surface area is 106 Å². The van der Waals surface area contributed by atoms with Gasteiger partial charge in [-0.25, -0.2) is 4.39 Å². The van der Waals surface area contributed by atoms with Crippen LogP contribution in [0.1, 0.15) is 25.8 Å². The molecule has 0 heterocycles. The van der Waals surface area contributed by atoms with Gasteiger partial charge in [0.15, 0.2) is 0 Å². The molecule has 98 valence electrons. The van der Waals surface area contributed by atoms with Crippen molar-refractivity contribution < 1.29 is 14.3 Å². The SMILES string of the molecule is CC(C)(CO)NC(=O)C/C=C/c1ccc(F)cc1. The topological polar surface area (TPSA) is 49.3 Å². The lowest BCUT2D eigenvalue weighted by molar-refractivity contribution is -0.122. The van der Waals surface area contributed by atoms with Crippen molar-refractivity contribution >= 4 is 12.0 Å². The second-order valence-electron chi connectivity index (χ2n) is 4.75. The second kappa shape index (κ2) is 6.31. The van der Waals surface area contributed by atoms with Gasteiger partial charge in [0.1, 0.15) is 5.82 Å². The van der Waals surface area contributed by atoms with Gasteiger partial charge in [0.05, 0.1) is 12.1 Å². The third-order valence-corrected chi connectivity index (χ3v) is 2.36. The normalized spacial score (nSPS) is 11.8. The van der Waals surface area contributed by atoms with Gasteiger partial charge in [0.25, 0.3) is 0 Å². The molecule has 0 aliphatic carbocycles. The first-order valence-electron chi connectivity index (χ1n) is 5.77. The molecule has 18 heavy (non-hydrogen) atoms. The van der Waals surface area contributed by atoms with E-state index >= 15 is 0 Å². The van der Waals surface area contributed by atoms with Gasteiger partial charge >= 0.3 is 0 Å². The van der Waals surface area contributed by atoms with Gasteiger partial charge in [-0.2, -0.15) is 0 Å². The fourth-order valence-corrected chi connectivity index (χ4v) is 1.34. The molecule has 0 aromatic heterocycles. The Kier molecular flexibility index (Phi) is 5.04. The van der Waals surface area contributed by atoms with E-state index in [1.807, 2.05) is 0 Å². The molecule has 1 aromatic carbocycles. The highest BCUT2D eigenvalue weighted by molar-refractivity contribution is 5.79. The van der Waals surface area contributed by atoms with Gasteiger partial charge in [-0.1, -0.05) is 24.3 Å². The molecule has 0 saturated heterocycles. The molecule has 0 aliphatic heterocycles. The summed E-state index contributed by atoms with van der Waals surface area (Å²) in [5, 5.41) is 11.7. The van der Waals surface area contributed by atoms with Crippen LogP contribution >= 0.6 is 0 Å². The Morgan fingerprint density at radius 2 is 2.00 bits per heavy atom. The van der Waals surface area contributed by atoms with Crippen LogP contribution in [0.5, 0.6) is 0 Å². The average molecular weight is 251 g/mol. The van der Waals surface area contributed by atoms with Crippen molar-refractivity contribution in [2.45, 2.75) is 25.8 Å². The molecule has 4 heteroatoms. The van der Waals surface area contributed by atoms with Crippen LogP contribution in [0.25, 0.3) is 6.08 Å². The molecule has 1 amide bonds. The number of carbonyl (C=O) groups excluding carboxylic acids is 1. The number of nitrogens with one attached hydrogen (secondary N) is 1. The third kappa shape index (κ3) is 5.10. The van der Waals surface area contributed by atoms with E-state index in [0.717, 1.165) is 5.56 Å². The molecule has 0 fully saturated rings. The predicted octanol–water partition coefficient (Wildman–Crippen LogP) is 2.12. The molecule has 0 saturated carbocycles. The first-order chi connectivity index (χ1) is 8.43. The molecule has 0 bridgehead atoms. The molecular weight excluding hydrogens is 233 g/mol. The van der Waals surface area contributed by atoms with Crippen molar-refractivity contribution in [2.75, 3.05) is 6.61 Å². The maximum absolute atomic E-state index is 12.6. The molecule has 3 nitrogen and oxygen atoms in total. The fraction of sp³-hybridized carbons (Fsp3) is 0.357. The number of amides is 1. The summed E-state index contributed by atoms with van der Waals surface area (Å²) in [5.74, 6) is -0.443. The zero-order chi connectivity index (χ0) is 13.6. The highest BCUT2D eigenvalue weighted by Crippen LogP contribution is 2.06. The Bertz CT molecular complexity index is 424. The maximum Gasteiger partial charge on any atom is 0.224 e. The number of benzene rings is 1. The molecule has 0 atom stereocenters. The van der Waals surface area contributed by atoms with Crippen molar-refractivity contribution in [3.05, 3.63) is 41.7 Å². The lowest BCUT2D eigenvalue weighted by Crippen LogP contribution is -2.46. The van der Waals surface area contributed by atoms with Gasteiger partial charge in [0.2, 0.25) is 5.91 Å². The quantitative estimate of drug-likeness (QED) is 0.842. The summed E-state index contributed by atoms with van der Waals surface area (Å²) in [7, 11) is 0. The molecule has 0 radical (unpaired) electrons. The second-order valence-corrected chi connectivity index (χ2v) is 4.75. The van der Waals surface area contributed by atoms with Crippen LogP contribution in [0.2, 0.25) is 0 Å². The fourth-order valence-electron chi connectivity index (χ4n) is 1.34. The van der Waals surface area contributed by atoms with Gasteiger partial charge in [0, 0.05) is 6.42 Å². The van der Waals surface area contributed by atoms with E-state index in [9.17, 15) is 9.18 Å². The minimum absolute atomic E-state index is 0.111. The molecular formula is C14H18FNO2. The summed E-state index contributed by atoms with van der Waals surface area (Å²) in [6, 6.07) is 6.02. The first-order valence-corrected chi connectivity index (χ1v) is 5.77. The maximum atomic E-state index is 12.6.